The minimum Gasteiger partial charge on any atom is -0.347 e. The predicted molar refractivity (Wildman–Crippen MR) is 134 cm³/mol. The van der Waals surface area contributed by atoms with Crippen molar-refractivity contribution in [2.75, 3.05) is 0 Å². The van der Waals surface area contributed by atoms with Gasteiger partial charge in [0.15, 0.2) is 5.69 Å². The minimum absolute atomic E-state index is 0.287. The van der Waals surface area contributed by atoms with Gasteiger partial charge < -0.3 is 11.1 Å². The second-order valence-corrected chi connectivity index (χ2v) is 8.82. The van der Waals surface area contributed by atoms with Crippen LogP contribution in [0.4, 0.5) is 0 Å². The van der Waals surface area contributed by atoms with Crippen LogP contribution in [0.15, 0.2) is 66.7 Å². The molecule has 8 heteroatoms. The lowest BCUT2D eigenvalue weighted by Gasteiger charge is -2.11. The number of halogens is 3. The molecule has 33 heavy (non-hydrogen) atoms. The van der Waals surface area contributed by atoms with Crippen molar-refractivity contribution in [2.24, 2.45) is 5.73 Å². The Hall–Kier alpha value is -2.83. The number of carbonyl (C=O) groups is 1. The lowest BCUT2D eigenvalue weighted by molar-refractivity contribution is 0.0945. The first kappa shape index (κ1) is 23.3. The van der Waals surface area contributed by atoms with E-state index in [0.29, 0.717) is 39.5 Å². The molecule has 0 unspecified atom stereocenters. The standard InChI is InChI=1S/C25H21Cl3N4O/c1-15-23(25(33)30-14-17-4-2-3-16(11-17)13-29)31-32(22-10-9-20(27)12-21(22)28)24(15)18-5-7-19(26)8-6-18/h2-12H,13-14,29H2,1H3,(H,30,33). The van der Waals surface area contributed by atoms with Gasteiger partial charge in [-0.05, 0) is 48.4 Å². The molecule has 0 atom stereocenters. The van der Waals surface area contributed by atoms with E-state index >= 15 is 0 Å². The zero-order valence-corrected chi connectivity index (χ0v) is 20.0. The van der Waals surface area contributed by atoms with E-state index in [2.05, 4.69) is 10.4 Å². The maximum atomic E-state index is 13.1. The fraction of sp³-hybridized carbons (Fsp3) is 0.120. The molecular weight excluding hydrogens is 479 g/mol. The van der Waals surface area contributed by atoms with Crippen molar-refractivity contribution in [3.05, 3.63) is 104 Å². The van der Waals surface area contributed by atoms with Crippen LogP contribution in [0.25, 0.3) is 16.9 Å². The first-order chi connectivity index (χ1) is 15.9. The molecule has 3 N–H and O–H groups in total. The van der Waals surface area contributed by atoms with Crippen molar-refractivity contribution < 1.29 is 4.79 Å². The van der Waals surface area contributed by atoms with Gasteiger partial charge in [0, 0.05) is 34.3 Å². The molecule has 4 rings (SSSR count). The van der Waals surface area contributed by atoms with Crippen molar-refractivity contribution in [1.29, 1.82) is 0 Å². The van der Waals surface area contributed by atoms with E-state index in [0.717, 1.165) is 27.9 Å². The van der Waals surface area contributed by atoms with E-state index in [1.165, 1.54) is 0 Å². The molecule has 0 radical (unpaired) electrons. The van der Waals surface area contributed by atoms with E-state index in [9.17, 15) is 4.79 Å². The zero-order valence-electron chi connectivity index (χ0n) is 17.8. The van der Waals surface area contributed by atoms with Crippen molar-refractivity contribution in [3.63, 3.8) is 0 Å². The van der Waals surface area contributed by atoms with Crippen LogP contribution in [0.5, 0.6) is 0 Å². The number of aromatic nitrogens is 2. The second kappa shape index (κ2) is 9.98. The minimum atomic E-state index is -0.287. The number of hydrogen-bond donors (Lipinski definition) is 2. The topological polar surface area (TPSA) is 72.9 Å². The third-order valence-electron chi connectivity index (χ3n) is 5.27. The third-order valence-corrected chi connectivity index (χ3v) is 6.06. The van der Waals surface area contributed by atoms with Gasteiger partial charge in [0.1, 0.15) is 0 Å². The summed E-state index contributed by atoms with van der Waals surface area (Å²) in [5.74, 6) is -0.287. The fourth-order valence-corrected chi connectivity index (χ4v) is 4.23. The summed E-state index contributed by atoms with van der Waals surface area (Å²) < 4.78 is 1.67. The summed E-state index contributed by atoms with van der Waals surface area (Å²) in [7, 11) is 0. The molecule has 0 bridgehead atoms. The summed E-state index contributed by atoms with van der Waals surface area (Å²) in [4.78, 5) is 13.1. The van der Waals surface area contributed by atoms with E-state index in [1.54, 1.807) is 35.0 Å². The molecule has 0 saturated carbocycles. The Morgan fingerprint density at radius 3 is 2.36 bits per heavy atom. The second-order valence-electron chi connectivity index (χ2n) is 7.54. The third kappa shape index (κ3) is 5.07. The van der Waals surface area contributed by atoms with E-state index in [4.69, 9.17) is 40.5 Å². The van der Waals surface area contributed by atoms with Gasteiger partial charge in [-0.3, -0.25) is 4.79 Å². The van der Waals surface area contributed by atoms with Crippen LogP contribution in [0.2, 0.25) is 15.1 Å². The number of nitrogens with one attached hydrogen (secondary N) is 1. The highest BCUT2D eigenvalue weighted by Crippen LogP contribution is 2.33. The largest absolute Gasteiger partial charge is 0.347 e. The SMILES string of the molecule is Cc1c(C(=O)NCc2cccc(CN)c2)nn(-c2ccc(Cl)cc2Cl)c1-c1ccc(Cl)cc1. The monoisotopic (exact) mass is 498 g/mol. The van der Waals surface area contributed by atoms with Crippen molar-refractivity contribution in [2.45, 2.75) is 20.0 Å². The maximum absolute atomic E-state index is 13.1. The normalized spacial score (nSPS) is 10.9. The van der Waals surface area contributed by atoms with Crippen LogP contribution < -0.4 is 11.1 Å². The highest BCUT2D eigenvalue weighted by atomic mass is 35.5. The average Bonchev–Trinajstić information content (AvgIpc) is 3.15. The number of nitrogens with zero attached hydrogens (tertiary/aromatic N) is 2. The van der Waals surface area contributed by atoms with Gasteiger partial charge in [0.05, 0.1) is 16.4 Å². The van der Waals surface area contributed by atoms with Gasteiger partial charge >= 0.3 is 0 Å². The van der Waals surface area contributed by atoms with Gasteiger partial charge in [0.2, 0.25) is 0 Å². The molecule has 0 aliphatic heterocycles. The molecule has 0 spiro atoms. The van der Waals surface area contributed by atoms with Gasteiger partial charge in [-0.1, -0.05) is 71.2 Å². The summed E-state index contributed by atoms with van der Waals surface area (Å²) in [6, 6.07) is 20.3. The fourth-order valence-electron chi connectivity index (χ4n) is 3.62. The van der Waals surface area contributed by atoms with Gasteiger partial charge in [-0.15, -0.1) is 0 Å². The molecule has 1 aromatic heterocycles. The Kier molecular flexibility index (Phi) is 7.05. The van der Waals surface area contributed by atoms with Crippen LogP contribution >= 0.6 is 34.8 Å². The Balaban J connectivity index is 1.74. The Morgan fingerprint density at radius 2 is 1.67 bits per heavy atom. The van der Waals surface area contributed by atoms with E-state index in [-0.39, 0.29) is 5.91 Å². The average molecular weight is 500 g/mol. The van der Waals surface area contributed by atoms with Crippen LogP contribution in [-0.4, -0.2) is 15.7 Å². The highest BCUT2D eigenvalue weighted by Gasteiger charge is 2.23. The molecule has 5 nitrogen and oxygen atoms in total. The Labute approximate surface area is 207 Å². The molecule has 1 heterocycles. The number of benzene rings is 3. The molecule has 1 amide bonds. The van der Waals surface area contributed by atoms with Crippen LogP contribution in [0.3, 0.4) is 0 Å². The van der Waals surface area contributed by atoms with Gasteiger partial charge in [-0.25, -0.2) is 4.68 Å². The molecule has 4 aromatic rings. The lowest BCUT2D eigenvalue weighted by atomic mass is 10.1. The van der Waals surface area contributed by atoms with Crippen molar-refractivity contribution >= 4 is 40.7 Å². The first-order valence-electron chi connectivity index (χ1n) is 10.2. The number of nitrogens with two attached hydrogens (primary N) is 1. The van der Waals surface area contributed by atoms with Gasteiger partial charge in [-0.2, -0.15) is 5.10 Å². The number of amides is 1. The van der Waals surface area contributed by atoms with E-state index in [1.807, 2.05) is 43.3 Å². The molecule has 0 saturated heterocycles. The van der Waals surface area contributed by atoms with Crippen LogP contribution in [0.1, 0.15) is 27.2 Å². The molecule has 3 aromatic carbocycles. The van der Waals surface area contributed by atoms with Crippen LogP contribution in [0, 0.1) is 6.92 Å². The zero-order chi connectivity index (χ0) is 23.5. The molecular formula is C25H21Cl3N4O. The maximum Gasteiger partial charge on any atom is 0.272 e. The van der Waals surface area contributed by atoms with Gasteiger partial charge in [0.25, 0.3) is 5.91 Å². The predicted octanol–water partition coefficient (Wildman–Crippen LogP) is 6.20. The highest BCUT2D eigenvalue weighted by molar-refractivity contribution is 6.35. The summed E-state index contributed by atoms with van der Waals surface area (Å²) in [5.41, 5.74) is 10.9. The van der Waals surface area contributed by atoms with Crippen molar-refractivity contribution in [3.8, 4) is 16.9 Å². The Bertz CT molecular complexity index is 1320. The quantitative estimate of drug-likeness (QED) is 0.332. The summed E-state index contributed by atoms with van der Waals surface area (Å²) in [6.45, 7) is 2.66. The molecule has 0 aliphatic rings. The number of hydrogen-bond acceptors (Lipinski definition) is 3. The van der Waals surface area contributed by atoms with Crippen LogP contribution in [-0.2, 0) is 13.1 Å². The van der Waals surface area contributed by atoms with E-state index < -0.39 is 0 Å². The molecule has 0 aliphatic carbocycles. The first-order valence-corrected chi connectivity index (χ1v) is 11.4. The summed E-state index contributed by atoms with van der Waals surface area (Å²) in [6.07, 6.45) is 0. The molecule has 168 valence electrons. The lowest BCUT2D eigenvalue weighted by Crippen LogP contribution is -2.24. The number of carbonyl (C=O) groups excluding carboxylic acids is 1. The van der Waals surface area contributed by atoms with Crippen molar-refractivity contribution in [1.82, 2.24) is 15.1 Å². The smallest absolute Gasteiger partial charge is 0.272 e. The summed E-state index contributed by atoms with van der Waals surface area (Å²) >= 11 is 18.7. The molecule has 0 fully saturated rings. The number of rotatable bonds is 6. The summed E-state index contributed by atoms with van der Waals surface area (Å²) in [5, 5.41) is 9.14. The Morgan fingerprint density at radius 1 is 0.970 bits per heavy atom.